The highest BCUT2D eigenvalue weighted by molar-refractivity contribution is 8.00. The van der Waals surface area contributed by atoms with Crippen LogP contribution in [0.5, 0.6) is 0 Å². The second kappa shape index (κ2) is 19.4. The Morgan fingerprint density at radius 1 is 0.278 bits per heavy atom. The van der Waals surface area contributed by atoms with Gasteiger partial charge in [-0.15, -0.1) is 47.0 Å². The van der Waals surface area contributed by atoms with Gasteiger partial charge in [-0.1, -0.05) is 72.8 Å². The van der Waals surface area contributed by atoms with Gasteiger partial charge in [0.05, 0.1) is 0 Å². The summed E-state index contributed by atoms with van der Waals surface area (Å²) in [6.45, 7) is 0. The van der Waals surface area contributed by atoms with Crippen molar-refractivity contribution in [3.05, 3.63) is 121 Å². The number of rotatable bonds is 14. The minimum Gasteiger partial charge on any atom is -0.126 e. The molecular formula is C32H36S4. The van der Waals surface area contributed by atoms with Crippen molar-refractivity contribution in [2.24, 2.45) is 0 Å². The number of unbranched alkanes of at least 4 members (excludes halogenated alkanes) is 2. The van der Waals surface area contributed by atoms with Crippen LogP contribution in [0.2, 0.25) is 0 Å². The van der Waals surface area contributed by atoms with Crippen LogP contribution in [0, 0.1) is 0 Å². The van der Waals surface area contributed by atoms with Crippen LogP contribution in [0.4, 0.5) is 0 Å². The van der Waals surface area contributed by atoms with Crippen LogP contribution in [0.1, 0.15) is 25.7 Å². The largest absolute Gasteiger partial charge is 0.126 e. The number of hydrogen-bond donors (Lipinski definition) is 0. The Morgan fingerprint density at radius 3 is 0.667 bits per heavy atom. The van der Waals surface area contributed by atoms with E-state index in [0.29, 0.717) is 0 Å². The Hall–Kier alpha value is -1.72. The molecule has 0 N–H and O–H groups in total. The van der Waals surface area contributed by atoms with E-state index < -0.39 is 0 Å². The molecule has 188 valence electrons. The van der Waals surface area contributed by atoms with E-state index >= 15 is 0 Å². The molecule has 4 heteroatoms. The first kappa shape index (κ1) is 28.8. The van der Waals surface area contributed by atoms with Crippen LogP contribution >= 0.6 is 47.0 Å². The standard InChI is InChI=1S/2C16H18S2/c2*1-3-9-15(10-4-1)17-13-7-8-14-18-16-11-5-2-6-12-16/h2*1-6,9-12H,7-8,13-14H2. The smallest absolute Gasteiger partial charge is 0.00719 e. The van der Waals surface area contributed by atoms with Crippen LogP contribution in [0.3, 0.4) is 0 Å². The maximum atomic E-state index is 2.18. The van der Waals surface area contributed by atoms with Gasteiger partial charge in [-0.2, -0.15) is 0 Å². The van der Waals surface area contributed by atoms with Gasteiger partial charge in [0.1, 0.15) is 0 Å². The van der Waals surface area contributed by atoms with Crippen molar-refractivity contribution in [3.63, 3.8) is 0 Å². The molecule has 0 heterocycles. The monoisotopic (exact) mass is 548 g/mol. The van der Waals surface area contributed by atoms with Crippen LogP contribution in [0.15, 0.2) is 141 Å². The van der Waals surface area contributed by atoms with E-state index in [1.54, 1.807) is 0 Å². The Bertz CT molecular complexity index is 851. The first-order chi connectivity index (χ1) is 17.9. The zero-order valence-corrected chi connectivity index (χ0v) is 24.1. The van der Waals surface area contributed by atoms with E-state index in [0.717, 1.165) is 0 Å². The maximum Gasteiger partial charge on any atom is 0.00719 e. The van der Waals surface area contributed by atoms with Crippen molar-refractivity contribution < 1.29 is 0 Å². The Labute approximate surface area is 235 Å². The molecule has 4 rings (SSSR count). The molecule has 0 saturated heterocycles. The highest BCUT2D eigenvalue weighted by Crippen LogP contribution is 2.23. The van der Waals surface area contributed by atoms with Crippen LogP contribution < -0.4 is 0 Å². The second-order valence-electron chi connectivity index (χ2n) is 8.06. The molecule has 0 aromatic heterocycles. The molecule has 0 unspecified atom stereocenters. The number of benzene rings is 4. The van der Waals surface area contributed by atoms with Crippen molar-refractivity contribution in [1.82, 2.24) is 0 Å². The molecule has 0 radical (unpaired) electrons. The summed E-state index contributed by atoms with van der Waals surface area (Å²) in [6.07, 6.45) is 5.16. The summed E-state index contributed by atoms with van der Waals surface area (Å²) < 4.78 is 0. The zero-order chi connectivity index (χ0) is 24.9. The average Bonchev–Trinajstić information content (AvgIpc) is 2.95. The molecule has 0 aliphatic carbocycles. The topological polar surface area (TPSA) is 0 Å². The van der Waals surface area contributed by atoms with E-state index in [-0.39, 0.29) is 0 Å². The lowest BCUT2D eigenvalue weighted by Crippen LogP contribution is -1.84. The third kappa shape index (κ3) is 13.5. The van der Waals surface area contributed by atoms with Crippen molar-refractivity contribution in [1.29, 1.82) is 0 Å². The van der Waals surface area contributed by atoms with E-state index in [1.165, 1.54) is 68.3 Å². The molecule has 36 heavy (non-hydrogen) atoms. The van der Waals surface area contributed by atoms with Crippen LogP contribution in [0.25, 0.3) is 0 Å². The summed E-state index contributed by atoms with van der Waals surface area (Å²) in [5, 5.41) is 0. The van der Waals surface area contributed by atoms with Crippen molar-refractivity contribution in [2.75, 3.05) is 23.0 Å². The molecule has 0 saturated carbocycles. The third-order valence-corrected chi connectivity index (χ3v) is 9.52. The SMILES string of the molecule is c1ccc(SCCCCSc2ccccc2)cc1.c1ccc(SCCCCSc2ccccc2)cc1. The number of hydrogen-bond acceptors (Lipinski definition) is 4. The molecule has 0 spiro atoms. The van der Waals surface area contributed by atoms with Gasteiger partial charge in [-0.25, -0.2) is 0 Å². The molecule has 0 fully saturated rings. The number of thioether (sulfide) groups is 4. The minimum absolute atomic E-state index is 1.22. The molecule has 4 aromatic carbocycles. The van der Waals surface area contributed by atoms with Crippen molar-refractivity contribution in [3.8, 4) is 0 Å². The van der Waals surface area contributed by atoms with Gasteiger partial charge in [0.2, 0.25) is 0 Å². The molecule has 4 aromatic rings. The van der Waals surface area contributed by atoms with Crippen LogP contribution in [-0.4, -0.2) is 23.0 Å². The summed E-state index contributed by atoms with van der Waals surface area (Å²) in [7, 11) is 0. The second-order valence-corrected chi connectivity index (χ2v) is 12.7. The lowest BCUT2D eigenvalue weighted by molar-refractivity contribution is 0.907. The molecule has 0 amide bonds. The molecule has 0 nitrogen and oxygen atoms in total. The Morgan fingerprint density at radius 2 is 0.472 bits per heavy atom. The van der Waals surface area contributed by atoms with Gasteiger partial charge >= 0.3 is 0 Å². The quantitative estimate of drug-likeness (QED) is 0.113. The fourth-order valence-electron chi connectivity index (χ4n) is 3.24. The first-order valence-corrected chi connectivity index (χ1v) is 16.6. The summed E-state index contributed by atoms with van der Waals surface area (Å²) in [5.41, 5.74) is 0. The predicted molar refractivity (Wildman–Crippen MR) is 167 cm³/mol. The first-order valence-electron chi connectivity index (χ1n) is 12.6. The highest BCUT2D eigenvalue weighted by Gasteiger charge is 1.96. The van der Waals surface area contributed by atoms with Crippen LogP contribution in [-0.2, 0) is 0 Å². The molecule has 0 bridgehead atoms. The minimum atomic E-state index is 1.22. The summed E-state index contributed by atoms with van der Waals surface area (Å²) >= 11 is 7.83. The van der Waals surface area contributed by atoms with E-state index in [1.807, 2.05) is 47.0 Å². The fraction of sp³-hybridized carbons (Fsp3) is 0.250. The summed E-state index contributed by atoms with van der Waals surface area (Å²) in [5.74, 6) is 4.89. The molecule has 0 aliphatic rings. The highest BCUT2D eigenvalue weighted by atomic mass is 32.2. The lowest BCUT2D eigenvalue weighted by Gasteiger charge is -2.02. The van der Waals surface area contributed by atoms with Gasteiger partial charge in [0, 0.05) is 19.6 Å². The molecule has 0 atom stereocenters. The maximum absolute atomic E-state index is 2.18. The predicted octanol–water partition coefficient (Wildman–Crippen LogP) is 10.7. The lowest BCUT2D eigenvalue weighted by atomic mass is 10.4. The fourth-order valence-corrected chi connectivity index (χ4v) is 6.97. The van der Waals surface area contributed by atoms with Crippen molar-refractivity contribution >= 4 is 47.0 Å². The molecule has 0 aliphatic heterocycles. The van der Waals surface area contributed by atoms with Gasteiger partial charge in [0.25, 0.3) is 0 Å². The van der Waals surface area contributed by atoms with E-state index in [9.17, 15) is 0 Å². The Kier molecular flexibility index (Phi) is 15.5. The third-order valence-electron chi connectivity index (χ3n) is 5.13. The van der Waals surface area contributed by atoms with Gasteiger partial charge in [0.15, 0.2) is 0 Å². The van der Waals surface area contributed by atoms with Gasteiger partial charge in [-0.05, 0) is 97.2 Å². The average molecular weight is 549 g/mol. The van der Waals surface area contributed by atoms with Crippen molar-refractivity contribution in [2.45, 2.75) is 45.3 Å². The molecular weight excluding hydrogens is 513 g/mol. The summed E-state index contributed by atoms with van der Waals surface area (Å²) in [6, 6.07) is 42.6. The Balaban J connectivity index is 0.000000201. The van der Waals surface area contributed by atoms with E-state index in [4.69, 9.17) is 0 Å². The normalized spacial score (nSPS) is 10.4. The van der Waals surface area contributed by atoms with E-state index in [2.05, 4.69) is 121 Å². The zero-order valence-electron chi connectivity index (χ0n) is 20.8. The summed E-state index contributed by atoms with van der Waals surface area (Å²) in [4.78, 5) is 5.53. The van der Waals surface area contributed by atoms with Gasteiger partial charge in [-0.3, -0.25) is 0 Å². The van der Waals surface area contributed by atoms with Gasteiger partial charge < -0.3 is 0 Å².